The van der Waals surface area contributed by atoms with Crippen LogP contribution in [-0.2, 0) is 4.79 Å². The third-order valence-electron chi connectivity index (χ3n) is 4.99. The second-order valence-electron chi connectivity index (χ2n) is 6.43. The normalized spacial score (nSPS) is 23.0. The van der Waals surface area contributed by atoms with Crippen molar-refractivity contribution in [1.82, 2.24) is 15.1 Å². The molecule has 0 spiro atoms. The van der Waals surface area contributed by atoms with Gasteiger partial charge >= 0.3 is 0 Å². The number of nitrogens with zero attached hydrogens (tertiary/aromatic N) is 2. The maximum Gasteiger partial charge on any atom is 0.223 e. The van der Waals surface area contributed by atoms with Crippen LogP contribution in [-0.4, -0.2) is 55.0 Å². The Morgan fingerprint density at radius 2 is 2.00 bits per heavy atom. The van der Waals surface area contributed by atoms with Crippen molar-refractivity contribution in [3.8, 4) is 0 Å². The predicted molar refractivity (Wildman–Crippen MR) is 88.8 cm³/mol. The molecule has 0 radical (unpaired) electrons. The number of hydrogen-bond donors (Lipinski definition) is 1. The molecular weight excluding hydrogens is 274 g/mol. The van der Waals surface area contributed by atoms with Crippen molar-refractivity contribution in [3.05, 3.63) is 35.4 Å². The second kappa shape index (κ2) is 7.25. The van der Waals surface area contributed by atoms with Gasteiger partial charge in [0.25, 0.3) is 0 Å². The number of benzene rings is 1. The van der Waals surface area contributed by atoms with Gasteiger partial charge in [0.15, 0.2) is 0 Å². The van der Waals surface area contributed by atoms with Crippen LogP contribution in [0.25, 0.3) is 0 Å². The summed E-state index contributed by atoms with van der Waals surface area (Å²) in [6.45, 7) is 7.79. The predicted octanol–water partition coefficient (Wildman–Crippen LogP) is 1.95. The summed E-state index contributed by atoms with van der Waals surface area (Å²) < 4.78 is 0. The van der Waals surface area contributed by atoms with Gasteiger partial charge in [0.1, 0.15) is 0 Å². The number of piperazine rings is 1. The molecule has 1 aromatic rings. The molecular formula is C18H27N3O. The van der Waals surface area contributed by atoms with Gasteiger partial charge in [-0.1, -0.05) is 24.3 Å². The zero-order valence-electron chi connectivity index (χ0n) is 13.6. The number of likely N-dealkylation sites (tertiary alicyclic amines) is 1. The Kier molecular flexibility index (Phi) is 5.11. The summed E-state index contributed by atoms with van der Waals surface area (Å²) in [4.78, 5) is 16.8. The van der Waals surface area contributed by atoms with Gasteiger partial charge in [-0.15, -0.1) is 0 Å². The summed E-state index contributed by atoms with van der Waals surface area (Å²) in [5.41, 5.74) is 2.81. The number of rotatable bonds is 4. The lowest BCUT2D eigenvalue weighted by Gasteiger charge is -2.30. The van der Waals surface area contributed by atoms with Crippen LogP contribution in [0, 0.1) is 6.92 Å². The van der Waals surface area contributed by atoms with E-state index in [0.29, 0.717) is 18.4 Å². The summed E-state index contributed by atoms with van der Waals surface area (Å²) in [7, 11) is 0. The van der Waals surface area contributed by atoms with Crippen molar-refractivity contribution >= 4 is 5.91 Å². The molecule has 22 heavy (non-hydrogen) atoms. The highest BCUT2D eigenvalue weighted by Crippen LogP contribution is 2.33. The lowest BCUT2D eigenvalue weighted by atomic mass is 9.99. The van der Waals surface area contributed by atoms with Crippen molar-refractivity contribution in [2.45, 2.75) is 32.2 Å². The molecule has 4 nitrogen and oxygen atoms in total. The van der Waals surface area contributed by atoms with Gasteiger partial charge in [-0.05, 0) is 37.4 Å². The lowest BCUT2D eigenvalue weighted by Crippen LogP contribution is -2.47. The highest BCUT2D eigenvalue weighted by molar-refractivity contribution is 5.76. The number of carbonyl (C=O) groups excluding carboxylic acids is 1. The number of nitrogens with one attached hydrogen (secondary N) is 1. The molecule has 2 aliphatic heterocycles. The summed E-state index contributed by atoms with van der Waals surface area (Å²) in [6.07, 6.45) is 3.11. The second-order valence-corrected chi connectivity index (χ2v) is 6.43. The van der Waals surface area contributed by atoms with Crippen LogP contribution in [0.5, 0.6) is 0 Å². The molecule has 1 atom stereocenters. The van der Waals surface area contributed by atoms with E-state index in [9.17, 15) is 4.79 Å². The number of amides is 1. The molecule has 1 aromatic carbocycles. The largest absolute Gasteiger partial charge is 0.340 e. The van der Waals surface area contributed by atoms with E-state index in [-0.39, 0.29) is 0 Å². The average molecular weight is 301 g/mol. The zero-order chi connectivity index (χ0) is 15.4. The Labute approximate surface area is 133 Å². The van der Waals surface area contributed by atoms with Gasteiger partial charge in [-0.25, -0.2) is 0 Å². The molecule has 120 valence electrons. The van der Waals surface area contributed by atoms with Gasteiger partial charge in [0.2, 0.25) is 5.91 Å². The fourth-order valence-corrected chi connectivity index (χ4v) is 3.72. The van der Waals surface area contributed by atoms with Gasteiger partial charge in [0, 0.05) is 45.2 Å². The van der Waals surface area contributed by atoms with Crippen LogP contribution < -0.4 is 5.32 Å². The molecule has 3 rings (SSSR count). The SMILES string of the molecule is Cc1ccccc1C1CCCN1CCC(=O)N1CCNCC1. The maximum atomic E-state index is 12.3. The summed E-state index contributed by atoms with van der Waals surface area (Å²) >= 11 is 0. The molecule has 2 fully saturated rings. The van der Waals surface area contributed by atoms with E-state index in [1.807, 2.05) is 4.90 Å². The highest BCUT2D eigenvalue weighted by atomic mass is 16.2. The Morgan fingerprint density at radius 3 is 2.77 bits per heavy atom. The molecule has 0 saturated carbocycles. The molecule has 2 saturated heterocycles. The van der Waals surface area contributed by atoms with Crippen molar-refractivity contribution < 1.29 is 4.79 Å². The monoisotopic (exact) mass is 301 g/mol. The molecule has 2 heterocycles. The third kappa shape index (κ3) is 3.50. The van der Waals surface area contributed by atoms with Crippen molar-refractivity contribution in [2.75, 3.05) is 39.3 Å². The molecule has 0 bridgehead atoms. The smallest absolute Gasteiger partial charge is 0.223 e. The maximum absolute atomic E-state index is 12.3. The molecule has 0 aliphatic carbocycles. The first-order valence-corrected chi connectivity index (χ1v) is 8.54. The average Bonchev–Trinajstić information content (AvgIpc) is 3.02. The van der Waals surface area contributed by atoms with E-state index >= 15 is 0 Å². The highest BCUT2D eigenvalue weighted by Gasteiger charge is 2.27. The fraction of sp³-hybridized carbons (Fsp3) is 0.611. The molecule has 0 aromatic heterocycles. The zero-order valence-corrected chi connectivity index (χ0v) is 13.6. The molecule has 4 heteroatoms. The molecule has 1 amide bonds. The lowest BCUT2D eigenvalue weighted by molar-refractivity contribution is -0.132. The third-order valence-corrected chi connectivity index (χ3v) is 4.99. The quantitative estimate of drug-likeness (QED) is 0.923. The van der Waals surface area contributed by atoms with Crippen LogP contribution in [0.4, 0.5) is 0 Å². The van der Waals surface area contributed by atoms with E-state index in [4.69, 9.17) is 0 Å². The van der Waals surface area contributed by atoms with Crippen molar-refractivity contribution in [2.24, 2.45) is 0 Å². The number of hydrogen-bond acceptors (Lipinski definition) is 3. The van der Waals surface area contributed by atoms with E-state index in [1.54, 1.807) is 0 Å². The van der Waals surface area contributed by atoms with Crippen molar-refractivity contribution in [3.63, 3.8) is 0 Å². The number of carbonyl (C=O) groups is 1. The Bertz CT molecular complexity index is 511. The molecule has 1 unspecified atom stereocenters. The van der Waals surface area contributed by atoms with E-state index in [1.165, 1.54) is 24.0 Å². The summed E-state index contributed by atoms with van der Waals surface area (Å²) in [5, 5.41) is 3.30. The minimum absolute atomic E-state index is 0.317. The van der Waals surface area contributed by atoms with Gasteiger partial charge < -0.3 is 10.2 Å². The van der Waals surface area contributed by atoms with Gasteiger partial charge in [-0.3, -0.25) is 9.69 Å². The Morgan fingerprint density at radius 1 is 1.23 bits per heavy atom. The Balaban J connectivity index is 1.57. The van der Waals surface area contributed by atoms with Crippen LogP contribution in [0.3, 0.4) is 0 Å². The summed E-state index contributed by atoms with van der Waals surface area (Å²) in [6, 6.07) is 9.17. The van der Waals surface area contributed by atoms with Gasteiger partial charge in [0.05, 0.1) is 0 Å². The Hall–Kier alpha value is -1.39. The van der Waals surface area contributed by atoms with E-state index < -0.39 is 0 Å². The first kappa shape index (κ1) is 15.5. The van der Waals surface area contributed by atoms with E-state index in [0.717, 1.165) is 39.3 Å². The van der Waals surface area contributed by atoms with Crippen LogP contribution in [0.1, 0.15) is 36.4 Å². The first-order chi connectivity index (χ1) is 10.8. The van der Waals surface area contributed by atoms with E-state index in [2.05, 4.69) is 41.4 Å². The van der Waals surface area contributed by atoms with Gasteiger partial charge in [-0.2, -0.15) is 0 Å². The van der Waals surface area contributed by atoms with Crippen LogP contribution in [0.2, 0.25) is 0 Å². The molecule has 1 N–H and O–H groups in total. The number of aryl methyl sites for hydroxylation is 1. The minimum Gasteiger partial charge on any atom is -0.340 e. The topological polar surface area (TPSA) is 35.6 Å². The molecule has 2 aliphatic rings. The standard InChI is InChI=1S/C18H27N3O/c1-15-5-2-3-6-16(15)17-7-4-11-20(17)12-8-18(22)21-13-9-19-10-14-21/h2-3,5-6,17,19H,4,7-14H2,1H3. The van der Waals surface area contributed by atoms with Crippen molar-refractivity contribution in [1.29, 1.82) is 0 Å². The van der Waals surface area contributed by atoms with Crippen LogP contribution >= 0.6 is 0 Å². The van der Waals surface area contributed by atoms with Crippen LogP contribution in [0.15, 0.2) is 24.3 Å². The summed E-state index contributed by atoms with van der Waals surface area (Å²) in [5.74, 6) is 0.317. The minimum atomic E-state index is 0.317. The first-order valence-electron chi connectivity index (χ1n) is 8.54. The fourth-order valence-electron chi connectivity index (χ4n) is 3.72.